The quantitative estimate of drug-likeness (QED) is 0.271. The fourth-order valence-corrected chi connectivity index (χ4v) is 4.66. The summed E-state index contributed by atoms with van der Waals surface area (Å²) in [5, 5.41) is 12.0. The average Bonchev–Trinajstić information content (AvgIpc) is 3.30. The van der Waals surface area contributed by atoms with Crippen molar-refractivity contribution in [2.24, 2.45) is 0 Å². The molecule has 178 valence electrons. The summed E-state index contributed by atoms with van der Waals surface area (Å²) in [5.41, 5.74) is 2.62. The van der Waals surface area contributed by atoms with E-state index in [4.69, 9.17) is 44.3 Å². The van der Waals surface area contributed by atoms with Crippen molar-refractivity contribution >= 4 is 34.8 Å². The van der Waals surface area contributed by atoms with E-state index in [0.29, 0.717) is 49.6 Å². The number of nitrogens with one attached hydrogen (secondary N) is 4. The van der Waals surface area contributed by atoms with Gasteiger partial charge in [0, 0.05) is 32.9 Å². The lowest BCUT2D eigenvalue weighted by molar-refractivity contribution is 0.284. The second-order valence-corrected chi connectivity index (χ2v) is 8.98. The molecule has 2 heterocycles. The minimum absolute atomic E-state index is 0.127. The van der Waals surface area contributed by atoms with Crippen molar-refractivity contribution in [3.8, 4) is 11.5 Å². The molecular weight excluding hydrogens is 503 g/mol. The van der Waals surface area contributed by atoms with Gasteiger partial charge >= 0.3 is 0 Å². The van der Waals surface area contributed by atoms with Gasteiger partial charge in [0.15, 0.2) is 11.5 Å². The smallest absolute Gasteiger partial charge is 0.268 e. The monoisotopic (exact) mass is 522 g/mol. The molecule has 0 radical (unpaired) electrons. The summed E-state index contributed by atoms with van der Waals surface area (Å²) in [6.45, 7) is 3.63. The van der Waals surface area contributed by atoms with Crippen molar-refractivity contribution in [2.45, 2.75) is 26.4 Å². The van der Waals surface area contributed by atoms with Gasteiger partial charge in [-0.05, 0) is 43.7 Å². The summed E-state index contributed by atoms with van der Waals surface area (Å²) in [7, 11) is 1.48. The summed E-state index contributed by atoms with van der Waals surface area (Å²) < 4.78 is 11.5. The van der Waals surface area contributed by atoms with E-state index in [1.54, 1.807) is 44.2 Å². The van der Waals surface area contributed by atoms with Crippen LogP contribution in [0, 0.1) is 13.8 Å². The number of benzene rings is 2. The minimum atomic E-state index is -0.712. The van der Waals surface area contributed by atoms with Crippen LogP contribution in [-0.4, -0.2) is 27.5 Å². The molecule has 34 heavy (non-hydrogen) atoms. The van der Waals surface area contributed by atoms with Crippen LogP contribution in [-0.2, 0) is 6.61 Å². The Balaban J connectivity index is 1.80. The maximum absolute atomic E-state index is 12.7. The predicted octanol–water partition coefficient (Wildman–Crippen LogP) is 5.06. The molecule has 11 heteroatoms. The number of H-pyrrole nitrogens is 4. The van der Waals surface area contributed by atoms with Gasteiger partial charge in [-0.15, -0.1) is 0 Å². The maximum Gasteiger partial charge on any atom is 0.268 e. The van der Waals surface area contributed by atoms with Gasteiger partial charge in [-0.3, -0.25) is 19.8 Å². The van der Waals surface area contributed by atoms with E-state index in [-0.39, 0.29) is 22.7 Å². The summed E-state index contributed by atoms with van der Waals surface area (Å²) >= 11 is 18.8. The number of halogens is 3. The highest BCUT2D eigenvalue weighted by Crippen LogP contribution is 2.42. The van der Waals surface area contributed by atoms with Gasteiger partial charge in [0.05, 0.1) is 23.3 Å². The Hall–Kier alpha value is -3.07. The molecule has 0 aliphatic heterocycles. The second-order valence-electron chi connectivity index (χ2n) is 7.73. The minimum Gasteiger partial charge on any atom is -0.493 e. The Labute approximate surface area is 209 Å². The third-order valence-electron chi connectivity index (χ3n) is 5.57. The number of ether oxygens (including phenoxy) is 2. The molecule has 8 nitrogen and oxygen atoms in total. The van der Waals surface area contributed by atoms with Crippen LogP contribution in [0.4, 0.5) is 0 Å². The van der Waals surface area contributed by atoms with E-state index in [2.05, 4.69) is 20.4 Å². The Morgan fingerprint density at radius 2 is 1.47 bits per heavy atom. The van der Waals surface area contributed by atoms with E-state index in [1.807, 2.05) is 0 Å². The van der Waals surface area contributed by atoms with Crippen LogP contribution < -0.4 is 20.6 Å². The van der Waals surface area contributed by atoms with Gasteiger partial charge in [-0.25, -0.2) is 0 Å². The van der Waals surface area contributed by atoms with Crippen molar-refractivity contribution in [3.63, 3.8) is 0 Å². The first-order chi connectivity index (χ1) is 16.2. The number of methoxy groups -OCH3 is 1. The molecule has 0 saturated carbocycles. The van der Waals surface area contributed by atoms with Gasteiger partial charge < -0.3 is 19.7 Å². The summed E-state index contributed by atoms with van der Waals surface area (Å²) in [5.74, 6) is -0.0694. The van der Waals surface area contributed by atoms with Crippen molar-refractivity contribution < 1.29 is 9.47 Å². The van der Waals surface area contributed by atoms with Crippen LogP contribution in [0.15, 0.2) is 39.9 Å². The third kappa shape index (κ3) is 4.49. The largest absolute Gasteiger partial charge is 0.493 e. The zero-order valence-corrected chi connectivity index (χ0v) is 20.7. The molecule has 0 bridgehead atoms. The summed E-state index contributed by atoms with van der Waals surface area (Å²) in [4.78, 5) is 25.3. The van der Waals surface area contributed by atoms with Crippen LogP contribution in [0.2, 0.25) is 15.1 Å². The number of rotatable bonds is 7. The lowest BCUT2D eigenvalue weighted by Crippen LogP contribution is -2.20. The van der Waals surface area contributed by atoms with Gasteiger partial charge in [0.1, 0.15) is 6.61 Å². The summed E-state index contributed by atoms with van der Waals surface area (Å²) in [6, 6.07) is 8.46. The van der Waals surface area contributed by atoms with E-state index in [1.165, 1.54) is 7.11 Å². The molecule has 0 atom stereocenters. The molecule has 0 unspecified atom stereocenters. The highest BCUT2D eigenvalue weighted by molar-refractivity contribution is 6.35. The molecule has 4 rings (SSSR count). The highest BCUT2D eigenvalue weighted by Gasteiger charge is 2.29. The van der Waals surface area contributed by atoms with Crippen molar-refractivity contribution in [3.05, 3.63) is 99.7 Å². The molecule has 0 amide bonds. The van der Waals surface area contributed by atoms with Crippen molar-refractivity contribution in [2.75, 3.05) is 7.11 Å². The van der Waals surface area contributed by atoms with Crippen LogP contribution in [0.3, 0.4) is 0 Å². The molecule has 0 aliphatic carbocycles. The standard InChI is InChI=1S/C23H21Cl3N4O4/c1-10-18(22(31)29-27-10)20(19-11(2)28-30-23(19)32)13-6-16(26)21(17(7-13)33-3)34-9-12-4-5-14(24)8-15(12)25/h4-8,20H,9H2,1-3H3,(H2,27,29,31)(H2,28,30,32). The van der Waals surface area contributed by atoms with E-state index in [9.17, 15) is 9.59 Å². The normalized spacial score (nSPS) is 11.3. The van der Waals surface area contributed by atoms with Crippen LogP contribution in [0.1, 0.15) is 39.6 Å². The van der Waals surface area contributed by atoms with Gasteiger partial charge in [0.25, 0.3) is 11.1 Å². The Morgan fingerprint density at radius 3 is 1.97 bits per heavy atom. The number of aryl methyl sites for hydroxylation is 2. The fraction of sp³-hybridized carbons (Fsp3) is 0.217. The second kappa shape index (κ2) is 9.66. The molecular formula is C23H21Cl3N4O4. The molecule has 0 saturated heterocycles. The Bertz CT molecular complexity index is 1410. The predicted molar refractivity (Wildman–Crippen MR) is 132 cm³/mol. The van der Waals surface area contributed by atoms with Crippen LogP contribution >= 0.6 is 34.8 Å². The number of aromatic amines is 4. The first kappa shape index (κ1) is 24.1. The zero-order chi connectivity index (χ0) is 24.6. The molecule has 0 fully saturated rings. The van der Waals surface area contributed by atoms with E-state index < -0.39 is 5.92 Å². The first-order valence-corrected chi connectivity index (χ1v) is 11.3. The fourth-order valence-electron chi connectivity index (χ4n) is 3.92. The van der Waals surface area contributed by atoms with Gasteiger partial charge in [-0.2, -0.15) is 0 Å². The number of hydrogen-bond acceptors (Lipinski definition) is 4. The lowest BCUT2D eigenvalue weighted by Gasteiger charge is -2.20. The maximum atomic E-state index is 12.7. The summed E-state index contributed by atoms with van der Waals surface area (Å²) in [6.07, 6.45) is 0. The van der Waals surface area contributed by atoms with Gasteiger partial charge in [0.2, 0.25) is 0 Å². The topological polar surface area (TPSA) is 116 Å². The highest BCUT2D eigenvalue weighted by atomic mass is 35.5. The van der Waals surface area contributed by atoms with Gasteiger partial charge in [-0.1, -0.05) is 40.9 Å². The third-order valence-corrected chi connectivity index (χ3v) is 6.44. The zero-order valence-electron chi connectivity index (χ0n) is 18.4. The van der Waals surface area contributed by atoms with E-state index >= 15 is 0 Å². The number of hydrogen-bond donors (Lipinski definition) is 4. The van der Waals surface area contributed by atoms with Crippen molar-refractivity contribution in [1.82, 2.24) is 20.4 Å². The molecule has 0 aliphatic rings. The Morgan fingerprint density at radius 1 is 0.853 bits per heavy atom. The van der Waals surface area contributed by atoms with Crippen molar-refractivity contribution in [1.29, 1.82) is 0 Å². The molecule has 4 aromatic rings. The SMILES string of the molecule is COc1cc(C(c2c(C)[nH][nH]c2=O)c2c(C)[nH][nH]c2=O)cc(Cl)c1OCc1ccc(Cl)cc1Cl. The number of aromatic nitrogens is 4. The molecule has 2 aromatic carbocycles. The molecule has 2 aromatic heterocycles. The van der Waals surface area contributed by atoms with Crippen LogP contribution in [0.25, 0.3) is 0 Å². The van der Waals surface area contributed by atoms with Crippen LogP contribution in [0.5, 0.6) is 11.5 Å². The Kier molecular flexibility index (Phi) is 6.84. The first-order valence-electron chi connectivity index (χ1n) is 10.2. The molecule has 0 spiro atoms. The average molecular weight is 524 g/mol. The molecule has 4 N–H and O–H groups in total. The lowest BCUT2D eigenvalue weighted by atomic mass is 9.85. The van der Waals surface area contributed by atoms with E-state index in [0.717, 1.165) is 5.56 Å².